The highest BCUT2D eigenvalue weighted by atomic mass is 16.2. The summed E-state index contributed by atoms with van der Waals surface area (Å²) in [5, 5.41) is 10.9. The predicted octanol–water partition coefficient (Wildman–Crippen LogP) is 0.365. The van der Waals surface area contributed by atoms with Gasteiger partial charge in [0.2, 0.25) is 11.8 Å². The van der Waals surface area contributed by atoms with Gasteiger partial charge in [-0.05, 0) is 19.8 Å². The Balaban J connectivity index is 1.86. The van der Waals surface area contributed by atoms with Crippen LogP contribution in [-0.2, 0) is 23.2 Å². The number of carbonyl (C=O) groups excluding carboxylic acids is 2. The number of aryl methyl sites for hydroxylation is 1. The van der Waals surface area contributed by atoms with E-state index in [0.717, 1.165) is 32.1 Å². The molecule has 0 bridgehead atoms. The van der Waals surface area contributed by atoms with Crippen LogP contribution in [-0.4, -0.2) is 43.3 Å². The fourth-order valence-corrected chi connectivity index (χ4v) is 3.33. The van der Waals surface area contributed by atoms with Gasteiger partial charge in [-0.3, -0.25) is 14.3 Å². The molecule has 0 radical (unpaired) electrons. The zero-order valence-electron chi connectivity index (χ0n) is 12.5. The minimum Gasteiger partial charge on any atom is -0.340 e. The molecule has 2 amide bonds. The van der Waals surface area contributed by atoms with E-state index >= 15 is 0 Å². The summed E-state index contributed by atoms with van der Waals surface area (Å²) in [5.41, 5.74) is 0.0164. The molecule has 114 valence electrons. The molecule has 3 rings (SSSR count). The maximum absolute atomic E-state index is 12.9. The summed E-state index contributed by atoms with van der Waals surface area (Å²) in [6, 6.07) is -0.466. The average molecular weight is 291 g/mol. The molecule has 0 aromatic carbocycles. The fraction of sp³-hybridized carbons (Fsp3) is 0.714. The van der Waals surface area contributed by atoms with E-state index < -0.39 is 11.6 Å². The molecule has 1 aliphatic carbocycles. The second-order valence-electron chi connectivity index (χ2n) is 6.12. The van der Waals surface area contributed by atoms with Crippen LogP contribution in [0.2, 0.25) is 0 Å². The first-order chi connectivity index (χ1) is 10.0. The predicted molar refractivity (Wildman–Crippen MR) is 75.0 cm³/mol. The topological polar surface area (TPSA) is 80.1 Å². The normalized spacial score (nSPS) is 25.2. The van der Waals surface area contributed by atoms with Gasteiger partial charge in [0.05, 0.1) is 6.54 Å². The summed E-state index contributed by atoms with van der Waals surface area (Å²) in [4.78, 5) is 26.8. The summed E-state index contributed by atoms with van der Waals surface area (Å²) >= 11 is 0. The number of piperazine rings is 1. The van der Waals surface area contributed by atoms with Crippen molar-refractivity contribution in [2.75, 3.05) is 0 Å². The molecule has 1 aromatic rings. The van der Waals surface area contributed by atoms with Crippen molar-refractivity contribution in [2.24, 2.45) is 7.05 Å². The molecule has 1 saturated carbocycles. The highest BCUT2D eigenvalue weighted by molar-refractivity contribution is 5.99. The highest BCUT2D eigenvalue weighted by Crippen LogP contribution is 2.33. The number of aromatic nitrogens is 3. The van der Waals surface area contributed by atoms with E-state index in [2.05, 4.69) is 15.6 Å². The SMILES string of the molecule is CC1C(=O)NC2(CCCCC2)C(=O)N1Cc1cn(C)nn1. The van der Waals surface area contributed by atoms with Crippen LogP contribution in [0.25, 0.3) is 0 Å². The molecule has 2 aliphatic rings. The van der Waals surface area contributed by atoms with Crippen molar-refractivity contribution < 1.29 is 9.59 Å². The molecule has 1 aromatic heterocycles. The van der Waals surface area contributed by atoms with Crippen LogP contribution >= 0.6 is 0 Å². The van der Waals surface area contributed by atoms with Gasteiger partial charge in [0.15, 0.2) is 0 Å². The zero-order chi connectivity index (χ0) is 15.0. The molecule has 1 N–H and O–H groups in total. The van der Waals surface area contributed by atoms with Crippen molar-refractivity contribution in [3.05, 3.63) is 11.9 Å². The van der Waals surface area contributed by atoms with Crippen molar-refractivity contribution in [1.29, 1.82) is 0 Å². The number of nitrogens with zero attached hydrogens (tertiary/aromatic N) is 4. The maximum atomic E-state index is 12.9. The molecule has 1 spiro atoms. The monoisotopic (exact) mass is 291 g/mol. The lowest BCUT2D eigenvalue weighted by atomic mass is 9.78. The molecule has 1 unspecified atom stereocenters. The Labute approximate surface area is 123 Å². The number of nitrogens with one attached hydrogen (secondary N) is 1. The third-order valence-electron chi connectivity index (χ3n) is 4.57. The van der Waals surface area contributed by atoms with Crippen molar-refractivity contribution in [2.45, 2.75) is 57.2 Å². The second kappa shape index (κ2) is 5.13. The Morgan fingerprint density at radius 2 is 2.05 bits per heavy atom. The smallest absolute Gasteiger partial charge is 0.249 e. The quantitative estimate of drug-likeness (QED) is 0.853. The largest absolute Gasteiger partial charge is 0.340 e. The van der Waals surface area contributed by atoms with Crippen LogP contribution in [0, 0.1) is 0 Å². The first-order valence-corrected chi connectivity index (χ1v) is 7.50. The zero-order valence-corrected chi connectivity index (χ0v) is 12.5. The van der Waals surface area contributed by atoms with Crippen molar-refractivity contribution in [1.82, 2.24) is 25.2 Å². The van der Waals surface area contributed by atoms with E-state index in [9.17, 15) is 9.59 Å². The van der Waals surface area contributed by atoms with Crippen LogP contribution in [0.1, 0.15) is 44.7 Å². The van der Waals surface area contributed by atoms with Gasteiger partial charge in [-0.15, -0.1) is 5.10 Å². The Bertz CT molecular complexity index is 561. The number of amides is 2. The van der Waals surface area contributed by atoms with E-state index in [1.807, 2.05) is 0 Å². The number of hydrogen-bond donors (Lipinski definition) is 1. The molecule has 2 heterocycles. The van der Waals surface area contributed by atoms with Crippen molar-refractivity contribution in [3.63, 3.8) is 0 Å². The van der Waals surface area contributed by atoms with Gasteiger partial charge >= 0.3 is 0 Å². The van der Waals surface area contributed by atoms with Gasteiger partial charge in [-0.2, -0.15) is 0 Å². The summed E-state index contributed by atoms with van der Waals surface area (Å²) in [5.74, 6) is -0.0413. The van der Waals surface area contributed by atoms with Crippen LogP contribution in [0.3, 0.4) is 0 Å². The van der Waals surface area contributed by atoms with E-state index in [-0.39, 0.29) is 11.8 Å². The van der Waals surface area contributed by atoms with Gasteiger partial charge < -0.3 is 10.2 Å². The van der Waals surface area contributed by atoms with Crippen molar-refractivity contribution >= 4 is 11.8 Å². The lowest BCUT2D eigenvalue weighted by Crippen LogP contribution is -2.69. The van der Waals surface area contributed by atoms with E-state index in [0.29, 0.717) is 12.2 Å². The molecule has 21 heavy (non-hydrogen) atoms. The van der Waals surface area contributed by atoms with Gasteiger partial charge in [0, 0.05) is 13.2 Å². The number of carbonyl (C=O) groups is 2. The van der Waals surface area contributed by atoms with Crippen LogP contribution in [0.15, 0.2) is 6.20 Å². The number of rotatable bonds is 2. The third-order valence-corrected chi connectivity index (χ3v) is 4.57. The van der Waals surface area contributed by atoms with Gasteiger partial charge in [-0.25, -0.2) is 0 Å². The minimum absolute atomic E-state index is 0.0277. The van der Waals surface area contributed by atoms with Crippen LogP contribution in [0.4, 0.5) is 0 Å². The van der Waals surface area contributed by atoms with Crippen LogP contribution in [0.5, 0.6) is 0 Å². The second-order valence-corrected chi connectivity index (χ2v) is 6.12. The first kappa shape index (κ1) is 14.0. The van der Waals surface area contributed by atoms with E-state index in [1.54, 1.807) is 29.7 Å². The Kier molecular flexibility index (Phi) is 3.43. The average Bonchev–Trinajstić information content (AvgIpc) is 2.88. The Morgan fingerprint density at radius 3 is 2.67 bits per heavy atom. The molecule has 7 heteroatoms. The molecule has 1 aliphatic heterocycles. The molecule has 1 atom stereocenters. The summed E-state index contributed by atoms with van der Waals surface area (Å²) < 4.78 is 1.60. The summed E-state index contributed by atoms with van der Waals surface area (Å²) in [7, 11) is 1.79. The maximum Gasteiger partial charge on any atom is 0.249 e. The molecule has 1 saturated heterocycles. The Hall–Kier alpha value is -1.92. The van der Waals surface area contributed by atoms with Gasteiger partial charge in [0.1, 0.15) is 17.3 Å². The van der Waals surface area contributed by atoms with Gasteiger partial charge in [0.25, 0.3) is 0 Å². The van der Waals surface area contributed by atoms with E-state index in [4.69, 9.17) is 0 Å². The first-order valence-electron chi connectivity index (χ1n) is 7.50. The minimum atomic E-state index is -0.690. The summed E-state index contributed by atoms with van der Waals surface area (Å²) in [6.07, 6.45) is 6.35. The lowest BCUT2D eigenvalue weighted by Gasteiger charge is -2.46. The van der Waals surface area contributed by atoms with Crippen molar-refractivity contribution in [3.8, 4) is 0 Å². The number of hydrogen-bond acceptors (Lipinski definition) is 4. The molecular weight excluding hydrogens is 270 g/mol. The van der Waals surface area contributed by atoms with E-state index in [1.165, 1.54) is 0 Å². The van der Waals surface area contributed by atoms with Gasteiger partial charge in [-0.1, -0.05) is 24.5 Å². The standard InChI is InChI=1S/C14H21N5O2/c1-10-12(20)15-14(6-4-3-5-7-14)13(21)19(10)9-11-8-18(2)17-16-11/h8,10H,3-7,9H2,1-2H3,(H,15,20). The third kappa shape index (κ3) is 2.41. The molecule has 7 nitrogen and oxygen atoms in total. The highest BCUT2D eigenvalue weighted by Gasteiger charge is 2.49. The lowest BCUT2D eigenvalue weighted by molar-refractivity contribution is -0.156. The molecule has 2 fully saturated rings. The fourth-order valence-electron chi connectivity index (χ4n) is 3.33. The van der Waals surface area contributed by atoms with Crippen LogP contribution < -0.4 is 5.32 Å². The Morgan fingerprint density at radius 1 is 1.33 bits per heavy atom. The molecular formula is C14H21N5O2. The summed E-state index contributed by atoms with van der Waals surface area (Å²) in [6.45, 7) is 2.10.